The molecule has 0 atom stereocenters. The molecule has 0 saturated carbocycles. The lowest BCUT2D eigenvalue weighted by Gasteiger charge is -2.18. The van der Waals surface area contributed by atoms with Crippen molar-refractivity contribution in [1.29, 1.82) is 0 Å². The van der Waals surface area contributed by atoms with Crippen LogP contribution in [0, 0.1) is 6.92 Å². The Balaban J connectivity index is 1.77. The highest BCUT2D eigenvalue weighted by molar-refractivity contribution is 6.30. The molecule has 0 unspecified atom stereocenters. The van der Waals surface area contributed by atoms with Gasteiger partial charge in [-0.3, -0.25) is 0 Å². The summed E-state index contributed by atoms with van der Waals surface area (Å²) < 4.78 is 5.57. The van der Waals surface area contributed by atoms with Gasteiger partial charge in [-0.05, 0) is 48.9 Å². The Labute approximate surface area is 135 Å². The summed E-state index contributed by atoms with van der Waals surface area (Å²) in [6.45, 7) is 2.89. The fourth-order valence-electron chi connectivity index (χ4n) is 1.87. The third-order valence-electron chi connectivity index (χ3n) is 3.13. The van der Waals surface area contributed by atoms with Crippen LogP contribution in [0.4, 0.5) is 10.5 Å². The number of hydrogen-bond acceptors (Lipinski definition) is 2. The number of rotatable bonds is 5. The Kier molecular flexibility index (Phi) is 5.67. The Morgan fingerprint density at radius 2 is 1.95 bits per heavy atom. The molecule has 0 fully saturated rings. The zero-order valence-electron chi connectivity index (χ0n) is 12.7. The molecule has 0 heterocycles. The van der Waals surface area contributed by atoms with E-state index in [1.807, 2.05) is 31.2 Å². The van der Waals surface area contributed by atoms with Gasteiger partial charge in [0.1, 0.15) is 12.4 Å². The van der Waals surface area contributed by atoms with Crippen molar-refractivity contribution in [3.63, 3.8) is 0 Å². The molecule has 2 rings (SSSR count). The van der Waals surface area contributed by atoms with E-state index in [1.165, 1.54) is 0 Å². The number of hydrogen-bond donors (Lipinski definition) is 1. The van der Waals surface area contributed by atoms with E-state index in [4.69, 9.17) is 16.3 Å². The van der Waals surface area contributed by atoms with Gasteiger partial charge in [0.15, 0.2) is 0 Å². The molecule has 22 heavy (non-hydrogen) atoms. The maximum absolute atomic E-state index is 12.1. The number of anilines is 1. The number of carbonyl (C=O) groups excluding carboxylic acids is 1. The first-order chi connectivity index (χ1) is 10.5. The lowest BCUT2D eigenvalue weighted by molar-refractivity contribution is 0.207. The minimum absolute atomic E-state index is 0.162. The minimum atomic E-state index is -0.162. The van der Waals surface area contributed by atoms with Gasteiger partial charge in [0, 0.05) is 17.8 Å². The molecule has 4 nitrogen and oxygen atoms in total. The molecular formula is C17H19ClN2O2. The summed E-state index contributed by atoms with van der Waals surface area (Å²) in [5.74, 6) is 0.733. The number of nitrogens with one attached hydrogen (secondary N) is 1. The van der Waals surface area contributed by atoms with Gasteiger partial charge in [-0.2, -0.15) is 0 Å². The van der Waals surface area contributed by atoms with Crippen molar-refractivity contribution in [2.24, 2.45) is 0 Å². The standard InChI is InChI=1S/C17H19ClN2O2/c1-13-4-3-5-15(12-13)19-17(21)20(2)10-11-22-16-8-6-14(18)7-9-16/h3-9,12H,10-11H2,1-2H3,(H,19,21). The van der Waals surface area contributed by atoms with E-state index in [0.29, 0.717) is 18.2 Å². The molecule has 0 bridgehead atoms. The lowest BCUT2D eigenvalue weighted by atomic mass is 10.2. The summed E-state index contributed by atoms with van der Waals surface area (Å²) in [6, 6.07) is 14.7. The lowest BCUT2D eigenvalue weighted by Crippen LogP contribution is -2.34. The van der Waals surface area contributed by atoms with Gasteiger partial charge in [0.2, 0.25) is 0 Å². The van der Waals surface area contributed by atoms with E-state index in [0.717, 1.165) is 17.0 Å². The molecule has 0 aliphatic rings. The van der Waals surface area contributed by atoms with E-state index < -0.39 is 0 Å². The van der Waals surface area contributed by atoms with Crippen molar-refractivity contribution in [3.05, 3.63) is 59.1 Å². The highest BCUT2D eigenvalue weighted by Gasteiger charge is 2.08. The highest BCUT2D eigenvalue weighted by Crippen LogP contribution is 2.15. The Bertz CT molecular complexity index is 629. The summed E-state index contributed by atoms with van der Waals surface area (Å²) in [6.07, 6.45) is 0. The van der Waals surface area contributed by atoms with Gasteiger partial charge in [-0.1, -0.05) is 23.7 Å². The average molecular weight is 319 g/mol. The van der Waals surface area contributed by atoms with Crippen molar-refractivity contribution in [2.75, 3.05) is 25.5 Å². The number of carbonyl (C=O) groups is 1. The summed E-state index contributed by atoms with van der Waals surface area (Å²) in [5, 5.41) is 3.52. The predicted molar refractivity (Wildman–Crippen MR) is 89.8 cm³/mol. The molecule has 116 valence electrons. The number of ether oxygens (including phenoxy) is 1. The Morgan fingerprint density at radius 1 is 1.23 bits per heavy atom. The smallest absolute Gasteiger partial charge is 0.321 e. The van der Waals surface area contributed by atoms with Crippen molar-refractivity contribution in [2.45, 2.75) is 6.92 Å². The SMILES string of the molecule is Cc1cccc(NC(=O)N(C)CCOc2ccc(Cl)cc2)c1. The van der Waals surface area contributed by atoms with Gasteiger partial charge in [0.05, 0.1) is 6.54 Å². The number of nitrogens with zero attached hydrogens (tertiary/aromatic N) is 1. The van der Waals surface area contributed by atoms with E-state index in [2.05, 4.69) is 5.32 Å². The van der Waals surface area contributed by atoms with Crippen LogP contribution in [0.3, 0.4) is 0 Å². The second-order valence-electron chi connectivity index (χ2n) is 5.02. The van der Waals surface area contributed by atoms with E-state index in [9.17, 15) is 4.79 Å². The molecule has 0 saturated heterocycles. The maximum atomic E-state index is 12.1. The molecule has 0 aromatic heterocycles. The first kappa shape index (κ1) is 16.2. The second kappa shape index (κ2) is 7.71. The largest absolute Gasteiger partial charge is 0.492 e. The zero-order valence-corrected chi connectivity index (χ0v) is 13.4. The van der Waals surface area contributed by atoms with Crippen LogP contribution in [-0.2, 0) is 0 Å². The number of halogens is 1. The van der Waals surface area contributed by atoms with E-state index in [-0.39, 0.29) is 6.03 Å². The first-order valence-electron chi connectivity index (χ1n) is 7.02. The molecule has 1 N–H and O–H groups in total. The van der Waals surface area contributed by atoms with Crippen molar-refractivity contribution >= 4 is 23.3 Å². The first-order valence-corrected chi connectivity index (χ1v) is 7.39. The third-order valence-corrected chi connectivity index (χ3v) is 3.38. The van der Waals surface area contributed by atoms with Gasteiger partial charge in [0.25, 0.3) is 0 Å². The summed E-state index contributed by atoms with van der Waals surface area (Å²) >= 11 is 5.81. The van der Waals surface area contributed by atoms with Crippen LogP contribution in [0.25, 0.3) is 0 Å². The molecule has 2 aromatic carbocycles. The molecule has 2 aromatic rings. The molecule has 0 radical (unpaired) electrons. The van der Waals surface area contributed by atoms with E-state index >= 15 is 0 Å². The summed E-state index contributed by atoms with van der Waals surface area (Å²) in [7, 11) is 1.73. The second-order valence-corrected chi connectivity index (χ2v) is 5.46. The Morgan fingerprint density at radius 3 is 2.64 bits per heavy atom. The van der Waals surface area contributed by atoms with Crippen molar-refractivity contribution in [3.8, 4) is 5.75 Å². The van der Waals surface area contributed by atoms with Gasteiger partial charge in [-0.15, -0.1) is 0 Å². The number of urea groups is 1. The molecule has 0 aliphatic carbocycles. The monoisotopic (exact) mass is 318 g/mol. The Hall–Kier alpha value is -2.20. The fourth-order valence-corrected chi connectivity index (χ4v) is 2.00. The highest BCUT2D eigenvalue weighted by atomic mass is 35.5. The molecule has 0 aliphatic heterocycles. The number of benzene rings is 2. The molecule has 5 heteroatoms. The van der Waals surface area contributed by atoms with Gasteiger partial charge in [-0.25, -0.2) is 4.79 Å². The fraction of sp³-hybridized carbons (Fsp3) is 0.235. The molecular weight excluding hydrogens is 300 g/mol. The topological polar surface area (TPSA) is 41.6 Å². The van der Waals surface area contributed by atoms with Crippen LogP contribution in [0.1, 0.15) is 5.56 Å². The summed E-state index contributed by atoms with van der Waals surface area (Å²) in [5.41, 5.74) is 1.89. The van der Waals surface area contributed by atoms with Crippen LogP contribution < -0.4 is 10.1 Å². The van der Waals surface area contributed by atoms with Crippen LogP contribution in [0.5, 0.6) is 5.75 Å². The van der Waals surface area contributed by atoms with Crippen LogP contribution in [0.2, 0.25) is 5.02 Å². The minimum Gasteiger partial charge on any atom is -0.492 e. The third kappa shape index (κ3) is 4.97. The van der Waals surface area contributed by atoms with Crippen molar-refractivity contribution in [1.82, 2.24) is 4.90 Å². The maximum Gasteiger partial charge on any atom is 0.321 e. The number of likely N-dealkylation sites (N-methyl/N-ethyl adjacent to an activating group) is 1. The zero-order chi connectivity index (χ0) is 15.9. The van der Waals surface area contributed by atoms with Gasteiger partial charge < -0.3 is 15.0 Å². The predicted octanol–water partition coefficient (Wildman–Crippen LogP) is 4.19. The normalized spacial score (nSPS) is 10.1. The van der Waals surface area contributed by atoms with Crippen LogP contribution in [-0.4, -0.2) is 31.1 Å². The van der Waals surface area contributed by atoms with Crippen molar-refractivity contribution < 1.29 is 9.53 Å². The number of aryl methyl sites for hydroxylation is 1. The van der Waals surface area contributed by atoms with E-state index in [1.54, 1.807) is 36.2 Å². The number of amides is 2. The van der Waals surface area contributed by atoms with Crippen LogP contribution >= 0.6 is 11.6 Å². The molecule has 2 amide bonds. The van der Waals surface area contributed by atoms with Crippen LogP contribution in [0.15, 0.2) is 48.5 Å². The molecule has 0 spiro atoms. The van der Waals surface area contributed by atoms with Gasteiger partial charge >= 0.3 is 6.03 Å². The average Bonchev–Trinajstić information content (AvgIpc) is 2.49. The summed E-state index contributed by atoms with van der Waals surface area (Å²) in [4.78, 5) is 13.6. The quantitative estimate of drug-likeness (QED) is 0.898.